The van der Waals surface area contributed by atoms with Gasteiger partial charge in [0, 0.05) is 0 Å². The molecule has 0 unspecified atom stereocenters. The summed E-state index contributed by atoms with van der Waals surface area (Å²) < 4.78 is 4.09. The number of aliphatic carboxylic acids is 1. The average Bonchev–Trinajstić information content (AvgIpc) is 1.63. The minimum Gasteiger partial charge on any atom is -0.480 e. The molecule has 0 atom stereocenters. The van der Waals surface area contributed by atoms with Gasteiger partial charge in [0.05, 0.1) is 0 Å². The zero-order valence-corrected chi connectivity index (χ0v) is 4.49. The lowest BCUT2D eigenvalue weighted by molar-refractivity contribution is -0.152. The van der Waals surface area contributed by atoms with Gasteiger partial charge in [-0.25, -0.2) is 14.7 Å². The van der Waals surface area contributed by atoms with Gasteiger partial charge < -0.3 is 9.84 Å². The minimum absolute atomic E-state index is 0.603. The summed E-state index contributed by atoms with van der Waals surface area (Å²) in [6.45, 7) is -1.28. The molecule has 0 aliphatic heterocycles. The van der Waals surface area contributed by atoms with Crippen molar-refractivity contribution < 1.29 is 24.5 Å². The lowest BCUT2D eigenvalue weighted by Crippen LogP contribution is -2.12. The molecule has 0 rings (SSSR count). The molecule has 0 bridgehead atoms. The molecule has 9 heavy (non-hydrogen) atoms. The Morgan fingerprint density at radius 1 is 1.33 bits per heavy atom. The molecule has 1 radical (unpaired) electrons. The van der Waals surface area contributed by atoms with E-state index in [4.69, 9.17) is 5.11 Å². The predicted molar refractivity (Wildman–Crippen MR) is 24.1 cm³/mol. The minimum atomic E-state index is -1.42. The van der Waals surface area contributed by atoms with E-state index in [1.165, 1.54) is 0 Å². The van der Waals surface area contributed by atoms with Crippen LogP contribution < -0.4 is 0 Å². The number of carbonyl (C=O) groups is 2. The second-order valence-electron chi connectivity index (χ2n) is 1.26. The van der Waals surface area contributed by atoms with E-state index in [0.29, 0.717) is 0 Å². The molecular weight excluding hydrogens is 128 g/mol. The van der Waals surface area contributed by atoms with Gasteiger partial charge in [-0.3, -0.25) is 0 Å². The van der Waals surface area contributed by atoms with E-state index in [1.54, 1.807) is 0 Å². The van der Waals surface area contributed by atoms with Crippen LogP contribution >= 0.6 is 0 Å². The van der Waals surface area contributed by atoms with Crippen LogP contribution in [0.25, 0.3) is 0 Å². The Balaban J connectivity index is 3.10. The van der Waals surface area contributed by atoms with Crippen LogP contribution in [-0.2, 0) is 19.4 Å². The molecule has 0 aromatic carbocycles. The van der Waals surface area contributed by atoms with Crippen LogP contribution in [0.5, 0.6) is 0 Å². The second kappa shape index (κ2) is 3.85. The van der Waals surface area contributed by atoms with Crippen molar-refractivity contribution >= 4 is 11.9 Å². The molecule has 1 N–H and O–H groups in total. The van der Waals surface area contributed by atoms with Gasteiger partial charge >= 0.3 is 11.9 Å². The summed E-state index contributed by atoms with van der Waals surface area (Å²) >= 11 is 0. The third kappa shape index (κ3) is 6.90. The number of carbonyl (C=O) groups excluding carboxylic acids is 1. The Morgan fingerprint density at radius 3 is 2.22 bits per heavy atom. The maximum absolute atomic E-state index is 9.64. The molecule has 0 saturated heterocycles. The van der Waals surface area contributed by atoms with Crippen molar-refractivity contribution in [2.75, 3.05) is 13.2 Å². The van der Waals surface area contributed by atoms with Gasteiger partial charge in [-0.05, 0) is 0 Å². The number of carboxylic acids is 1. The summed E-state index contributed by atoms with van der Waals surface area (Å²) in [5.41, 5.74) is 0. The van der Waals surface area contributed by atoms with E-state index in [2.05, 4.69) is 4.74 Å². The molecular formula is C4H5O5. The summed E-state index contributed by atoms with van der Waals surface area (Å²) in [7, 11) is 0. The smallest absolute Gasteiger partial charge is 0.380 e. The maximum atomic E-state index is 9.64. The highest BCUT2D eigenvalue weighted by Gasteiger charge is 2.01. The first-order valence-corrected chi connectivity index (χ1v) is 2.12. The Morgan fingerprint density at radius 2 is 1.89 bits per heavy atom. The van der Waals surface area contributed by atoms with Crippen LogP contribution in [0.4, 0.5) is 0 Å². The van der Waals surface area contributed by atoms with Crippen molar-refractivity contribution in [2.24, 2.45) is 0 Å². The molecule has 5 nitrogen and oxygen atoms in total. The van der Waals surface area contributed by atoms with Crippen LogP contribution in [0.2, 0.25) is 0 Å². The highest BCUT2D eigenvalue weighted by atomic mass is 16.5. The third-order valence-corrected chi connectivity index (χ3v) is 0.445. The topological polar surface area (TPSA) is 83.5 Å². The second-order valence-corrected chi connectivity index (χ2v) is 1.26. The van der Waals surface area contributed by atoms with Crippen LogP contribution in [0.3, 0.4) is 0 Å². The quantitative estimate of drug-likeness (QED) is 0.535. The Kier molecular flexibility index (Phi) is 3.38. The van der Waals surface area contributed by atoms with Gasteiger partial charge in [0.25, 0.3) is 0 Å². The molecule has 0 heterocycles. The molecule has 51 valence electrons. The summed E-state index contributed by atoms with van der Waals surface area (Å²) in [6.07, 6.45) is 0. The van der Waals surface area contributed by atoms with Crippen molar-refractivity contribution in [3.63, 3.8) is 0 Å². The first-order chi connectivity index (χ1) is 4.13. The summed E-state index contributed by atoms with van der Waals surface area (Å²) in [5, 5.41) is 17.4. The van der Waals surface area contributed by atoms with E-state index >= 15 is 0 Å². The fourth-order valence-electron chi connectivity index (χ4n) is 0.222. The lowest BCUT2D eigenvalue weighted by atomic mass is 10.7. The monoisotopic (exact) mass is 133 g/mol. The van der Waals surface area contributed by atoms with Gasteiger partial charge in [-0.1, -0.05) is 0 Å². The first kappa shape index (κ1) is 7.90. The molecule has 0 saturated carbocycles. The van der Waals surface area contributed by atoms with Crippen molar-refractivity contribution in [1.29, 1.82) is 0 Å². The van der Waals surface area contributed by atoms with Crippen LogP contribution in [0, 0.1) is 0 Å². The molecule has 0 aromatic heterocycles. The van der Waals surface area contributed by atoms with Gasteiger partial charge in [-0.15, -0.1) is 0 Å². The number of ether oxygens (including phenoxy) is 1. The summed E-state index contributed by atoms with van der Waals surface area (Å²) in [4.78, 5) is 19.2. The van der Waals surface area contributed by atoms with Gasteiger partial charge in [-0.2, -0.15) is 0 Å². The molecule has 0 amide bonds. The van der Waals surface area contributed by atoms with E-state index in [1.807, 2.05) is 0 Å². The SMILES string of the molecule is [O]C(=O)COCC(=O)O. The summed E-state index contributed by atoms with van der Waals surface area (Å²) in [5.74, 6) is -2.62. The van der Waals surface area contributed by atoms with Gasteiger partial charge in [0.2, 0.25) is 0 Å². The zero-order chi connectivity index (χ0) is 7.28. The highest BCUT2D eigenvalue weighted by Crippen LogP contribution is 1.73. The molecule has 0 spiro atoms. The zero-order valence-electron chi connectivity index (χ0n) is 4.49. The standard InChI is InChI=1S/C4H5O5/c5-3(6)1-9-2-4(7)8/h1-2H2,(H,5,6). The number of hydrogen-bond donors (Lipinski definition) is 1. The Hall–Kier alpha value is -1.10. The molecule has 5 heteroatoms. The van der Waals surface area contributed by atoms with Gasteiger partial charge in [0.1, 0.15) is 13.2 Å². The van der Waals surface area contributed by atoms with E-state index < -0.39 is 25.2 Å². The number of rotatable bonds is 4. The van der Waals surface area contributed by atoms with E-state index in [9.17, 15) is 14.7 Å². The number of carboxylic acid groups (broad SMARTS) is 1. The normalized spacial score (nSPS) is 8.89. The largest absolute Gasteiger partial charge is 0.480 e. The number of hydrogen-bond acceptors (Lipinski definition) is 3. The summed E-state index contributed by atoms with van der Waals surface area (Å²) in [6, 6.07) is 0. The molecule has 0 aliphatic carbocycles. The van der Waals surface area contributed by atoms with E-state index in [-0.39, 0.29) is 0 Å². The molecule has 0 fully saturated rings. The Bertz CT molecular complexity index is 104. The van der Waals surface area contributed by atoms with Crippen molar-refractivity contribution in [3.05, 3.63) is 0 Å². The van der Waals surface area contributed by atoms with Crippen molar-refractivity contribution in [3.8, 4) is 0 Å². The van der Waals surface area contributed by atoms with Crippen molar-refractivity contribution in [1.82, 2.24) is 0 Å². The fraction of sp³-hybridized carbons (Fsp3) is 0.500. The maximum Gasteiger partial charge on any atom is 0.380 e. The highest BCUT2D eigenvalue weighted by molar-refractivity contribution is 5.70. The molecule has 0 aliphatic rings. The van der Waals surface area contributed by atoms with Crippen LogP contribution in [0.15, 0.2) is 0 Å². The lowest BCUT2D eigenvalue weighted by Gasteiger charge is -1.91. The predicted octanol–water partition coefficient (Wildman–Crippen LogP) is -0.955. The van der Waals surface area contributed by atoms with E-state index in [0.717, 1.165) is 0 Å². The third-order valence-electron chi connectivity index (χ3n) is 0.445. The first-order valence-electron chi connectivity index (χ1n) is 2.12. The molecule has 0 aromatic rings. The fourth-order valence-corrected chi connectivity index (χ4v) is 0.222. The van der Waals surface area contributed by atoms with Crippen LogP contribution in [-0.4, -0.2) is 30.3 Å². The van der Waals surface area contributed by atoms with Crippen LogP contribution in [0.1, 0.15) is 0 Å². The van der Waals surface area contributed by atoms with Gasteiger partial charge in [0.15, 0.2) is 0 Å². The average molecular weight is 133 g/mol. The Labute approximate surface area is 50.9 Å². The van der Waals surface area contributed by atoms with Crippen molar-refractivity contribution in [2.45, 2.75) is 0 Å².